The molecule has 0 atom stereocenters. The molecule has 0 aliphatic carbocycles. The number of hydrogen-bond acceptors (Lipinski definition) is 2. The zero-order valence-corrected chi connectivity index (χ0v) is 11.3. The van der Waals surface area contributed by atoms with Crippen molar-refractivity contribution in [2.45, 2.75) is 26.3 Å². The molecule has 0 saturated carbocycles. The highest BCUT2D eigenvalue weighted by Gasteiger charge is 2.20. The number of pyridine rings is 1. The smallest absolute Gasteiger partial charge is 0.193 e. The Bertz CT molecular complexity index is 382. The largest absolute Gasteiger partial charge is 0.343 e. The van der Waals surface area contributed by atoms with Crippen LogP contribution in [0.3, 0.4) is 0 Å². The van der Waals surface area contributed by atoms with Gasteiger partial charge in [-0.15, -0.1) is 0 Å². The molecule has 0 spiro atoms. The standard InChI is InChI=1S/C14H22N4/c1-12-5-9-18(10-6-12)14(15)17(2)11-13-3-7-16-8-4-13/h3-4,7-8,12,15H,5-6,9-11H2,1-2H3. The molecule has 0 aromatic carbocycles. The average molecular weight is 246 g/mol. The molecule has 4 nitrogen and oxygen atoms in total. The van der Waals surface area contributed by atoms with Gasteiger partial charge in [-0.1, -0.05) is 6.92 Å². The fourth-order valence-electron chi connectivity index (χ4n) is 2.30. The van der Waals surface area contributed by atoms with Gasteiger partial charge in [-0.2, -0.15) is 0 Å². The first-order chi connectivity index (χ1) is 8.66. The van der Waals surface area contributed by atoms with E-state index >= 15 is 0 Å². The lowest BCUT2D eigenvalue weighted by Gasteiger charge is -2.35. The Kier molecular flexibility index (Phi) is 4.18. The molecule has 0 amide bonds. The van der Waals surface area contributed by atoms with Crippen LogP contribution in [0.5, 0.6) is 0 Å². The highest BCUT2D eigenvalue weighted by Crippen LogP contribution is 2.17. The van der Waals surface area contributed by atoms with E-state index in [9.17, 15) is 0 Å². The van der Waals surface area contributed by atoms with Gasteiger partial charge in [-0.05, 0) is 36.5 Å². The van der Waals surface area contributed by atoms with Gasteiger partial charge in [0.15, 0.2) is 5.96 Å². The van der Waals surface area contributed by atoms with Gasteiger partial charge in [-0.3, -0.25) is 10.4 Å². The van der Waals surface area contributed by atoms with Crippen molar-refractivity contribution in [3.05, 3.63) is 30.1 Å². The zero-order valence-electron chi connectivity index (χ0n) is 11.3. The highest BCUT2D eigenvalue weighted by molar-refractivity contribution is 5.76. The van der Waals surface area contributed by atoms with Gasteiger partial charge in [-0.25, -0.2) is 0 Å². The molecule has 4 heteroatoms. The zero-order chi connectivity index (χ0) is 13.0. The maximum Gasteiger partial charge on any atom is 0.193 e. The third-order valence-electron chi connectivity index (χ3n) is 3.61. The molecule has 1 fully saturated rings. The van der Waals surface area contributed by atoms with Crippen molar-refractivity contribution in [1.82, 2.24) is 14.8 Å². The van der Waals surface area contributed by atoms with E-state index in [1.165, 1.54) is 18.4 Å². The predicted octanol–water partition coefficient (Wildman–Crippen LogP) is 2.18. The van der Waals surface area contributed by atoms with Crippen LogP contribution in [0.25, 0.3) is 0 Å². The number of rotatable bonds is 2. The second-order valence-electron chi connectivity index (χ2n) is 5.20. The van der Waals surface area contributed by atoms with Crippen LogP contribution in [0.15, 0.2) is 24.5 Å². The minimum Gasteiger partial charge on any atom is -0.343 e. The Hall–Kier alpha value is -1.58. The number of nitrogens with one attached hydrogen (secondary N) is 1. The molecule has 0 radical (unpaired) electrons. The van der Waals surface area contributed by atoms with Crippen LogP contribution in [0, 0.1) is 11.3 Å². The maximum absolute atomic E-state index is 8.24. The molecule has 1 N–H and O–H groups in total. The van der Waals surface area contributed by atoms with Gasteiger partial charge in [0.1, 0.15) is 0 Å². The molecule has 2 rings (SSSR count). The van der Waals surface area contributed by atoms with Crippen LogP contribution in [0.1, 0.15) is 25.3 Å². The minimum absolute atomic E-state index is 0.638. The van der Waals surface area contributed by atoms with E-state index in [2.05, 4.69) is 16.8 Å². The van der Waals surface area contributed by atoms with Gasteiger partial charge in [0, 0.05) is 39.1 Å². The second kappa shape index (κ2) is 5.85. The summed E-state index contributed by atoms with van der Waals surface area (Å²) in [4.78, 5) is 8.20. The minimum atomic E-state index is 0.638. The first kappa shape index (κ1) is 12.9. The van der Waals surface area contributed by atoms with E-state index < -0.39 is 0 Å². The Labute approximate surface area is 109 Å². The molecule has 1 aliphatic heterocycles. The summed E-state index contributed by atoms with van der Waals surface area (Å²) in [6.45, 7) is 5.09. The van der Waals surface area contributed by atoms with Crippen LogP contribution in [-0.2, 0) is 6.54 Å². The van der Waals surface area contributed by atoms with Crippen molar-refractivity contribution in [2.24, 2.45) is 5.92 Å². The van der Waals surface area contributed by atoms with Crippen molar-refractivity contribution in [2.75, 3.05) is 20.1 Å². The number of piperidine rings is 1. The van der Waals surface area contributed by atoms with E-state index in [1.807, 2.05) is 24.1 Å². The van der Waals surface area contributed by atoms with E-state index in [4.69, 9.17) is 5.41 Å². The lowest BCUT2D eigenvalue weighted by molar-refractivity contribution is 0.249. The summed E-state index contributed by atoms with van der Waals surface area (Å²) in [5, 5.41) is 8.24. The molecule has 1 saturated heterocycles. The average Bonchev–Trinajstić information content (AvgIpc) is 2.40. The van der Waals surface area contributed by atoms with Crippen molar-refractivity contribution < 1.29 is 0 Å². The van der Waals surface area contributed by atoms with E-state index in [0.29, 0.717) is 5.96 Å². The summed E-state index contributed by atoms with van der Waals surface area (Å²) in [6.07, 6.45) is 6.00. The third kappa shape index (κ3) is 3.22. The normalized spacial score (nSPS) is 16.7. The Balaban J connectivity index is 1.89. The van der Waals surface area contributed by atoms with Crippen LogP contribution >= 0.6 is 0 Å². The molecule has 98 valence electrons. The fraction of sp³-hybridized carbons (Fsp3) is 0.571. The number of nitrogens with zero attached hydrogens (tertiary/aromatic N) is 3. The first-order valence-corrected chi connectivity index (χ1v) is 6.60. The summed E-state index contributed by atoms with van der Waals surface area (Å²) in [5.41, 5.74) is 1.20. The topological polar surface area (TPSA) is 43.2 Å². The number of guanidine groups is 1. The maximum atomic E-state index is 8.24. The number of hydrogen-bond donors (Lipinski definition) is 1. The number of likely N-dealkylation sites (tertiary alicyclic amines) is 1. The molecular weight excluding hydrogens is 224 g/mol. The molecule has 1 aliphatic rings. The summed E-state index contributed by atoms with van der Waals surface area (Å²) < 4.78 is 0. The van der Waals surface area contributed by atoms with E-state index in [-0.39, 0.29) is 0 Å². The van der Waals surface area contributed by atoms with Crippen molar-refractivity contribution >= 4 is 5.96 Å². The fourth-order valence-corrected chi connectivity index (χ4v) is 2.30. The van der Waals surface area contributed by atoms with Crippen molar-refractivity contribution in [3.8, 4) is 0 Å². The lowest BCUT2D eigenvalue weighted by atomic mass is 9.99. The Morgan fingerprint density at radius 3 is 2.61 bits per heavy atom. The summed E-state index contributed by atoms with van der Waals surface area (Å²) in [5.74, 6) is 1.44. The van der Waals surface area contributed by atoms with Crippen LogP contribution < -0.4 is 0 Å². The van der Waals surface area contributed by atoms with E-state index in [0.717, 1.165) is 25.6 Å². The molecule has 1 aromatic heterocycles. The Morgan fingerprint density at radius 2 is 2.00 bits per heavy atom. The molecule has 0 bridgehead atoms. The van der Waals surface area contributed by atoms with Gasteiger partial charge in [0.2, 0.25) is 0 Å². The van der Waals surface area contributed by atoms with Crippen molar-refractivity contribution in [3.63, 3.8) is 0 Å². The van der Waals surface area contributed by atoms with Gasteiger partial charge >= 0.3 is 0 Å². The van der Waals surface area contributed by atoms with Gasteiger partial charge in [0.05, 0.1) is 0 Å². The quantitative estimate of drug-likeness (QED) is 0.642. The van der Waals surface area contributed by atoms with Crippen LogP contribution in [0.4, 0.5) is 0 Å². The summed E-state index contributed by atoms with van der Waals surface area (Å²) in [7, 11) is 1.99. The SMILES string of the molecule is CC1CCN(C(=N)N(C)Cc2ccncc2)CC1. The van der Waals surface area contributed by atoms with E-state index in [1.54, 1.807) is 12.4 Å². The second-order valence-corrected chi connectivity index (χ2v) is 5.20. The van der Waals surface area contributed by atoms with Crippen LogP contribution in [0.2, 0.25) is 0 Å². The highest BCUT2D eigenvalue weighted by atomic mass is 15.3. The molecule has 1 aromatic rings. The lowest BCUT2D eigenvalue weighted by Crippen LogP contribution is -2.45. The molecule has 18 heavy (non-hydrogen) atoms. The third-order valence-corrected chi connectivity index (χ3v) is 3.61. The van der Waals surface area contributed by atoms with Gasteiger partial charge < -0.3 is 9.80 Å². The molecular formula is C14H22N4. The summed E-state index contributed by atoms with van der Waals surface area (Å²) in [6, 6.07) is 4.00. The van der Waals surface area contributed by atoms with Crippen LogP contribution in [-0.4, -0.2) is 40.9 Å². The monoisotopic (exact) mass is 246 g/mol. The predicted molar refractivity (Wildman–Crippen MR) is 73.4 cm³/mol. The summed E-state index contributed by atoms with van der Waals surface area (Å²) >= 11 is 0. The molecule has 2 heterocycles. The first-order valence-electron chi connectivity index (χ1n) is 6.60. The van der Waals surface area contributed by atoms with Gasteiger partial charge in [0.25, 0.3) is 0 Å². The Morgan fingerprint density at radius 1 is 1.39 bits per heavy atom. The number of aromatic nitrogens is 1. The van der Waals surface area contributed by atoms with Crippen molar-refractivity contribution in [1.29, 1.82) is 5.41 Å². The molecule has 0 unspecified atom stereocenters.